The second kappa shape index (κ2) is 5.20. The molecule has 5 nitrogen and oxygen atoms in total. The third-order valence-electron chi connectivity index (χ3n) is 2.47. The summed E-state index contributed by atoms with van der Waals surface area (Å²) < 4.78 is 23.3. The van der Waals surface area contributed by atoms with Gasteiger partial charge in [0.15, 0.2) is 0 Å². The molecule has 2 aromatic rings. The first kappa shape index (κ1) is 13.9. The number of anilines is 3. The predicted octanol–water partition coefficient (Wildman–Crippen LogP) is 2.42. The van der Waals surface area contributed by atoms with E-state index in [2.05, 4.69) is 21.2 Å². The van der Waals surface area contributed by atoms with E-state index >= 15 is 0 Å². The van der Waals surface area contributed by atoms with Gasteiger partial charge in [-0.1, -0.05) is 15.9 Å². The molecule has 0 unspecified atom stereocenters. The van der Waals surface area contributed by atoms with Crippen molar-refractivity contribution in [1.29, 1.82) is 0 Å². The fourth-order valence-electron chi connectivity index (χ4n) is 1.52. The Bertz CT molecular complexity index is 699. The molecule has 0 heterocycles. The van der Waals surface area contributed by atoms with Crippen LogP contribution in [-0.2, 0) is 10.0 Å². The van der Waals surface area contributed by atoms with E-state index in [1.165, 1.54) is 12.1 Å². The predicted molar refractivity (Wildman–Crippen MR) is 79.7 cm³/mol. The first-order chi connectivity index (χ1) is 8.86. The van der Waals surface area contributed by atoms with Gasteiger partial charge >= 0.3 is 0 Å². The minimum atomic E-state index is -3.73. The lowest BCUT2D eigenvalue weighted by Crippen LogP contribution is -2.12. The average Bonchev–Trinajstić information content (AvgIpc) is 2.33. The van der Waals surface area contributed by atoms with Crippen molar-refractivity contribution in [3.63, 3.8) is 0 Å². The molecule has 0 saturated heterocycles. The van der Waals surface area contributed by atoms with E-state index in [0.29, 0.717) is 11.4 Å². The van der Waals surface area contributed by atoms with E-state index in [-0.39, 0.29) is 4.90 Å². The molecule has 0 fully saturated rings. The summed E-state index contributed by atoms with van der Waals surface area (Å²) >= 11 is 3.34. The Morgan fingerprint density at radius 1 is 1.05 bits per heavy atom. The van der Waals surface area contributed by atoms with Crippen LogP contribution in [0.15, 0.2) is 51.8 Å². The number of halogens is 1. The Balaban J connectivity index is 2.29. The van der Waals surface area contributed by atoms with Crippen LogP contribution < -0.4 is 16.2 Å². The van der Waals surface area contributed by atoms with Gasteiger partial charge in [0.05, 0.1) is 16.3 Å². The van der Waals surface area contributed by atoms with Gasteiger partial charge in [0, 0.05) is 10.2 Å². The fourth-order valence-corrected chi connectivity index (χ4v) is 2.33. The van der Waals surface area contributed by atoms with Crippen LogP contribution in [0.1, 0.15) is 0 Å². The van der Waals surface area contributed by atoms with E-state index in [9.17, 15) is 8.42 Å². The van der Waals surface area contributed by atoms with Crippen LogP contribution >= 0.6 is 15.9 Å². The van der Waals surface area contributed by atoms with Crippen LogP contribution in [0.25, 0.3) is 0 Å². The number of primary sulfonamides is 1. The van der Waals surface area contributed by atoms with Crippen molar-refractivity contribution in [3.8, 4) is 0 Å². The highest BCUT2D eigenvalue weighted by Crippen LogP contribution is 2.26. The Morgan fingerprint density at radius 3 is 2.21 bits per heavy atom. The van der Waals surface area contributed by atoms with Crippen molar-refractivity contribution in [2.75, 3.05) is 11.1 Å². The summed E-state index contributed by atoms with van der Waals surface area (Å²) in [5.74, 6) is 0. The van der Waals surface area contributed by atoms with E-state index in [1.54, 1.807) is 6.07 Å². The lowest BCUT2D eigenvalue weighted by molar-refractivity contribution is 0.598. The molecule has 5 N–H and O–H groups in total. The lowest BCUT2D eigenvalue weighted by Gasteiger charge is -2.10. The topological polar surface area (TPSA) is 98.2 Å². The van der Waals surface area contributed by atoms with Gasteiger partial charge < -0.3 is 11.1 Å². The molecular formula is C12H12BrN3O2S. The fraction of sp³-hybridized carbons (Fsp3) is 0. The molecule has 0 aliphatic rings. The maximum absolute atomic E-state index is 11.2. The number of benzene rings is 2. The summed E-state index contributed by atoms with van der Waals surface area (Å²) in [5, 5.41) is 8.13. The molecule has 7 heteroatoms. The quantitative estimate of drug-likeness (QED) is 0.746. The maximum Gasteiger partial charge on any atom is 0.238 e. The number of hydrogen-bond acceptors (Lipinski definition) is 4. The monoisotopic (exact) mass is 341 g/mol. The zero-order valence-electron chi connectivity index (χ0n) is 9.80. The van der Waals surface area contributed by atoms with Gasteiger partial charge in [0.25, 0.3) is 0 Å². The minimum absolute atomic E-state index is 0.00800. The highest BCUT2D eigenvalue weighted by atomic mass is 79.9. The normalized spacial score (nSPS) is 11.3. The number of sulfonamides is 1. The zero-order chi connectivity index (χ0) is 14.0. The minimum Gasteiger partial charge on any atom is -0.397 e. The number of rotatable bonds is 3. The molecule has 0 aliphatic heterocycles. The maximum atomic E-state index is 11.2. The van der Waals surface area contributed by atoms with Crippen LogP contribution in [-0.4, -0.2) is 8.42 Å². The number of nitrogens with two attached hydrogens (primary N) is 2. The Morgan fingerprint density at radius 2 is 1.68 bits per heavy atom. The molecule has 0 atom stereocenters. The first-order valence-corrected chi connectivity index (χ1v) is 7.65. The van der Waals surface area contributed by atoms with Gasteiger partial charge in [-0.05, 0) is 42.5 Å². The standard InChI is InChI=1S/C12H12BrN3O2S/c13-8-1-3-9(4-2-8)16-12-6-5-10(7-11(12)14)19(15,17)18/h1-7,16H,14H2,(H2,15,17,18). The van der Waals surface area contributed by atoms with Crippen LogP contribution in [0, 0.1) is 0 Å². The van der Waals surface area contributed by atoms with Gasteiger partial charge in [-0.3, -0.25) is 0 Å². The van der Waals surface area contributed by atoms with Crippen molar-refractivity contribution in [3.05, 3.63) is 46.9 Å². The van der Waals surface area contributed by atoms with Gasteiger partial charge in [0.1, 0.15) is 0 Å². The Hall–Kier alpha value is -1.57. The van der Waals surface area contributed by atoms with E-state index in [1.807, 2.05) is 24.3 Å². The van der Waals surface area contributed by atoms with Gasteiger partial charge in [-0.25, -0.2) is 13.6 Å². The van der Waals surface area contributed by atoms with Crippen LogP contribution in [0.3, 0.4) is 0 Å². The third kappa shape index (κ3) is 3.46. The highest BCUT2D eigenvalue weighted by molar-refractivity contribution is 9.10. The molecule has 19 heavy (non-hydrogen) atoms. The van der Waals surface area contributed by atoms with Crippen molar-refractivity contribution < 1.29 is 8.42 Å². The molecule has 2 rings (SSSR count). The van der Waals surface area contributed by atoms with Crippen molar-refractivity contribution in [1.82, 2.24) is 0 Å². The van der Waals surface area contributed by atoms with Crippen molar-refractivity contribution in [2.45, 2.75) is 4.90 Å². The van der Waals surface area contributed by atoms with E-state index in [0.717, 1.165) is 10.2 Å². The largest absolute Gasteiger partial charge is 0.397 e. The average molecular weight is 342 g/mol. The summed E-state index contributed by atoms with van der Waals surface area (Å²) in [7, 11) is -3.73. The van der Waals surface area contributed by atoms with Gasteiger partial charge in [-0.2, -0.15) is 0 Å². The summed E-state index contributed by atoms with van der Waals surface area (Å²) in [5.41, 5.74) is 7.58. The number of hydrogen-bond donors (Lipinski definition) is 3. The number of nitrogen functional groups attached to an aromatic ring is 1. The molecule has 0 aromatic heterocycles. The van der Waals surface area contributed by atoms with Crippen molar-refractivity contribution in [2.24, 2.45) is 5.14 Å². The Kier molecular flexibility index (Phi) is 3.79. The summed E-state index contributed by atoms with van der Waals surface area (Å²) in [6.45, 7) is 0. The Labute approximate surface area is 119 Å². The van der Waals surface area contributed by atoms with E-state index in [4.69, 9.17) is 10.9 Å². The second-order valence-electron chi connectivity index (χ2n) is 3.93. The van der Waals surface area contributed by atoms with Crippen LogP contribution in [0.2, 0.25) is 0 Å². The third-order valence-corrected chi connectivity index (χ3v) is 3.91. The molecule has 0 aliphatic carbocycles. The molecular weight excluding hydrogens is 330 g/mol. The SMILES string of the molecule is Nc1cc(S(N)(=O)=O)ccc1Nc1ccc(Br)cc1. The summed E-state index contributed by atoms with van der Waals surface area (Å²) in [6.07, 6.45) is 0. The van der Waals surface area contributed by atoms with Crippen LogP contribution in [0.5, 0.6) is 0 Å². The summed E-state index contributed by atoms with van der Waals surface area (Å²) in [6, 6.07) is 11.8. The molecule has 0 bridgehead atoms. The molecule has 0 saturated carbocycles. The smallest absolute Gasteiger partial charge is 0.238 e. The van der Waals surface area contributed by atoms with E-state index < -0.39 is 10.0 Å². The molecule has 0 amide bonds. The molecule has 0 radical (unpaired) electrons. The lowest BCUT2D eigenvalue weighted by atomic mass is 10.2. The highest BCUT2D eigenvalue weighted by Gasteiger charge is 2.10. The van der Waals surface area contributed by atoms with Gasteiger partial charge in [-0.15, -0.1) is 0 Å². The van der Waals surface area contributed by atoms with Gasteiger partial charge in [0.2, 0.25) is 10.0 Å². The molecule has 100 valence electrons. The van der Waals surface area contributed by atoms with Crippen LogP contribution in [0.4, 0.5) is 17.1 Å². The summed E-state index contributed by atoms with van der Waals surface area (Å²) in [4.78, 5) is -0.00800. The second-order valence-corrected chi connectivity index (χ2v) is 6.40. The van der Waals surface area contributed by atoms with Crippen molar-refractivity contribution >= 4 is 43.0 Å². The zero-order valence-corrected chi connectivity index (χ0v) is 12.2. The first-order valence-electron chi connectivity index (χ1n) is 5.31. The molecule has 0 spiro atoms. The number of nitrogens with one attached hydrogen (secondary N) is 1. The molecule has 2 aromatic carbocycles.